The summed E-state index contributed by atoms with van der Waals surface area (Å²) >= 11 is 0. The third-order valence-corrected chi connectivity index (χ3v) is 9.34. The van der Waals surface area contributed by atoms with Crippen LogP contribution in [0.1, 0.15) is 49.9 Å². The fraction of sp³-hybridized carbons (Fsp3) is 0.143. The largest absolute Gasteiger partial charge is 0.294 e. The van der Waals surface area contributed by atoms with Gasteiger partial charge in [-0.2, -0.15) is 0 Å². The Balaban J connectivity index is 1.79. The van der Waals surface area contributed by atoms with Crippen molar-refractivity contribution < 1.29 is 19.2 Å². The first-order valence-corrected chi connectivity index (χ1v) is 15.4. The summed E-state index contributed by atoms with van der Waals surface area (Å²) in [4.78, 5) is 58.5. The summed E-state index contributed by atoms with van der Waals surface area (Å²) < 4.78 is 0. The lowest BCUT2D eigenvalue weighted by Crippen LogP contribution is -2.44. The Morgan fingerprint density at radius 2 is 0.609 bits per heavy atom. The van der Waals surface area contributed by atoms with Crippen molar-refractivity contribution in [3.8, 4) is 0 Å². The number of rotatable bonds is 5. The van der Waals surface area contributed by atoms with E-state index in [1.54, 1.807) is 27.7 Å². The van der Waals surface area contributed by atoms with Gasteiger partial charge in [-0.15, -0.1) is 0 Å². The summed E-state index contributed by atoms with van der Waals surface area (Å²) in [5.74, 6) is -3.68. The van der Waals surface area contributed by atoms with Gasteiger partial charge in [0.2, 0.25) is 0 Å². The molecule has 226 valence electrons. The zero-order valence-electron chi connectivity index (χ0n) is 26.3. The van der Waals surface area contributed by atoms with E-state index in [4.69, 9.17) is 0 Å². The maximum Gasteiger partial charge on any atom is 0.186 e. The zero-order valence-corrected chi connectivity index (χ0v) is 26.3. The Labute approximate surface area is 269 Å². The molecule has 4 heteroatoms. The van der Waals surface area contributed by atoms with E-state index in [1.807, 2.05) is 121 Å². The van der Waals surface area contributed by atoms with Crippen LogP contribution < -0.4 is 0 Å². The van der Waals surface area contributed by atoms with Gasteiger partial charge in [-0.1, -0.05) is 121 Å². The fourth-order valence-corrected chi connectivity index (χ4v) is 6.67. The first kappa shape index (κ1) is 30.5. The zero-order chi connectivity index (χ0) is 32.5. The van der Waals surface area contributed by atoms with Crippen LogP contribution in [-0.4, -0.2) is 23.1 Å². The Kier molecular flexibility index (Phi) is 8.29. The summed E-state index contributed by atoms with van der Waals surface area (Å²) in [5.41, 5.74) is 5.94. The highest BCUT2D eigenvalue weighted by atomic mass is 16.2. The second kappa shape index (κ2) is 12.5. The Morgan fingerprint density at radius 1 is 0.370 bits per heavy atom. The first-order chi connectivity index (χ1) is 22.2. The molecule has 2 aliphatic carbocycles. The van der Waals surface area contributed by atoms with E-state index in [0.29, 0.717) is 33.4 Å². The predicted molar refractivity (Wildman–Crippen MR) is 182 cm³/mol. The molecule has 2 atom stereocenters. The van der Waals surface area contributed by atoms with Crippen molar-refractivity contribution in [1.82, 2.24) is 0 Å². The summed E-state index contributed by atoms with van der Waals surface area (Å²) in [7, 11) is 0. The molecule has 4 aromatic carbocycles. The number of ketones is 4. The van der Waals surface area contributed by atoms with Gasteiger partial charge in [-0.25, -0.2) is 0 Å². The predicted octanol–water partition coefficient (Wildman–Crippen LogP) is 8.20. The van der Waals surface area contributed by atoms with E-state index >= 15 is 0 Å². The lowest BCUT2D eigenvalue weighted by Gasteiger charge is -2.37. The second-order valence-corrected chi connectivity index (χ2v) is 11.9. The molecule has 0 fully saturated rings. The number of Topliss-reactive ketones (excluding diaryl/α,β-unsaturated/α-hetero) is 4. The van der Waals surface area contributed by atoms with Crippen LogP contribution in [0.2, 0.25) is 0 Å². The molecule has 0 saturated heterocycles. The molecule has 0 amide bonds. The summed E-state index contributed by atoms with van der Waals surface area (Å²) in [6.45, 7) is 6.62. The number of allylic oxidation sites excluding steroid dienone is 6. The molecule has 0 N–H and O–H groups in total. The monoisotopic (exact) mass is 602 g/mol. The van der Waals surface area contributed by atoms with E-state index in [2.05, 4.69) is 0 Å². The quantitative estimate of drug-likeness (QED) is 0.216. The van der Waals surface area contributed by atoms with Crippen molar-refractivity contribution in [3.05, 3.63) is 177 Å². The highest BCUT2D eigenvalue weighted by Crippen LogP contribution is 2.48. The van der Waals surface area contributed by atoms with Crippen LogP contribution in [0, 0.1) is 11.8 Å². The highest BCUT2D eigenvalue weighted by molar-refractivity contribution is 6.30. The molecule has 2 unspecified atom stereocenters. The molecule has 0 aliphatic heterocycles. The lowest BCUT2D eigenvalue weighted by molar-refractivity contribution is -0.129. The molecule has 0 aromatic heterocycles. The van der Waals surface area contributed by atoms with Gasteiger partial charge in [0.05, 0.1) is 11.8 Å². The van der Waals surface area contributed by atoms with Gasteiger partial charge in [-0.05, 0) is 72.2 Å². The second-order valence-electron chi connectivity index (χ2n) is 11.9. The van der Waals surface area contributed by atoms with Gasteiger partial charge in [0.1, 0.15) is 0 Å². The minimum atomic E-state index is -1.22. The summed E-state index contributed by atoms with van der Waals surface area (Å²) in [5, 5.41) is 0. The molecule has 6 rings (SSSR count). The van der Waals surface area contributed by atoms with Gasteiger partial charge in [0, 0.05) is 22.3 Å². The minimum absolute atomic E-state index is 0.238. The van der Waals surface area contributed by atoms with Crippen LogP contribution in [0.3, 0.4) is 0 Å². The molecule has 46 heavy (non-hydrogen) atoms. The molecule has 2 aliphatic rings. The Bertz CT molecular complexity index is 1780. The standard InChI is InChI=1S/C42H34O4/c1-25-27(3)41(45)37(35(39(25)43)33(29-17-9-5-10-18-29)30-19-11-6-12-20-30)38-36(40(44)26(2)28(4)42(38)46)34(31-21-13-7-14-22-31)32-23-15-8-16-24-32/h5-24,37-38H,1-4H3. The average molecular weight is 603 g/mol. The Hall–Kier alpha value is -5.48. The lowest BCUT2D eigenvalue weighted by atomic mass is 9.62. The van der Waals surface area contributed by atoms with E-state index in [0.717, 1.165) is 22.3 Å². The van der Waals surface area contributed by atoms with Crippen molar-refractivity contribution in [2.24, 2.45) is 11.8 Å². The molecule has 0 spiro atoms. The SMILES string of the molecule is CC1=C(C)C(=O)C(C2C(=O)C(C)=C(C)C(=O)C2=C(c2ccccc2)c2ccccc2)C(=C(c2ccccc2)c2ccccc2)C1=O. The van der Waals surface area contributed by atoms with Gasteiger partial charge in [-0.3, -0.25) is 19.2 Å². The third-order valence-electron chi connectivity index (χ3n) is 9.34. The van der Waals surface area contributed by atoms with Crippen LogP contribution in [0.15, 0.2) is 155 Å². The Morgan fingerprint density at radius 3 is 0.848 bits per heavy atom. The van der Waals surface area contributed by atoms with Gasteiger partial charge in [0.25, 0.3) is 0 Å². The van der Waals surface area contributed by atoms with Crippen molar-refractivity contribution in [2.75, 3.05) is 0 Å². The maximum atomic E-state index is 14.7. The van der Waals surface area contributed by atoms with Crippen molar-refractivity contribution >= 4 is 34.3 Å². The average Bonchev–Trinajstić information content (AvgIpc) is 3.10. The smallest absolute Gasteiger partial charge is 0.186 e. The van der Waals surface area contributed by atoms with Gasteiger partial charge < -0.3 is 0 Å². The van der Waals surface area contributed by atoms with E-state index in [1.165, 1.54) is 0 Å². The molecule has 0 heterocycles. The number of carbonyl (C=O) groups is 4. The molecule has 4 nitrogen and oxygen atoms in total. The van der Waals surface area contributed by atoms with Crippen molar-refractivity contribution in [3.63, 3.8) is 0 Å². The number of carbonyl (C=O) groups excluding carboxylic acids is 4. The molecule has 0 saturated carbocycles. The van der Waals surface area contributed by atoms with Crippen molar-refractivity contribution in [2.45, 2.75) is 27.7 Å². The normalized spacial score (nSPS) is 18.8. The van der Waals surface area contributed by atoms with E-state index in [-0.39, 0.29) is 34.3 Å². The fourth-order valence-electron chi connectivity index (χ4n) is 6.67. The number of hydrogen-bond acceptors (Lipinski definition) is 4. The topological polar surface area (TPSA) is 68.3 Å². The minimum Gasteiger partial charge on any atom is -0.294 e. The summed E-state index contributed by atoms with van der Waals surface area (Å²) in [6, 6.07) is 37.9. The molecular formula is C42H34O4. The van der Waals surface area contributed by atoms with Crippen LogP contribution in [0.4, 0.5) is 0 Å². The maximum absolute atomic E-state index is 14.7. The van der Waals surface area contributed by atoms with Crippen LogP contribution in [0.5, 0.6) is 0 Å². The van der Waals surface area contributed by atoms with Crippen molar-refractivity contribution in [1.29, 1.82) is 0 Å². The van der Waals surface area contributed by atoms with E-state index < -0.39 is 11.8 Å². The summed E-state index contributed by atoms with van der Waals surface area (Å²) in [6.07, 6.45) is 0. The van der Waals surface area contributed by atoms with E-state index in [9.17, 15) is 19.2 Å². The molecule has 0 bridgehead atoms. The molecular weight excluding hydrogens is 568 g/mol. The van der Waals surface area contributed by atoms with Gasteiger partial charge in [0.15, 0.2) is 23.1 Å². The number of hydrogen-bond donors (Lipinski definition) is 0. The number of benzene rings is 4. The van der Waals surface area contributed by atoms with Crippen LogP contribution >= 0.6 is 0 Å². The molecule has 4 aromatic rings. The van der Waals surface area contributed by atoms with Crippen LogP contribution in [-0.2, 0) is 19.2 Å². The van der Waals surface area contributed by atoms with Gasteiger partial charge >= 0.3 is 0 Å². The first-order valence-electron chi connectivity index (χ1n) is 15.4. The van der Waals surface area contributed by atoms with Crippen LogP contribution in [0.25, 0.3) is 11.1 Å². The third kappa shape index (κ3) is 5.16. The highest BCUT2D eigenvalue weighted by Gasteiger charge is 2.50. The molecule has 0 radical (unpaired) electrons.